The third-order valence-corrected chi connectivity index (χ3v) is 1.82. The molecule has 0 saturated carbocycles. The van der Waals surface area contributed by atoms with Gasteiger partial charge in [0.2, 0.25) is 0 Å². The zero-order valence-electron chi connectivity index (χ0n) is 8.85. The molecule has 0 aromatic carbocycles. The number of aromatic nitrogens is 1. The summed E-state index contributed by atoms with van der Waals surface area (Å²) in [6, 6.07) is 0. The average Bonchev–Trinajstić information content (AvgIpc) is 2.26. The lowest BCUT2D eigenvalue weighted by molar-refractivity contribution is -0.275. The van der Waals surface area contributed by atoms with Gasteiger partial charge in [0.25, 0.3) is 0 Å². The Bertz CT molecular complexity index is 460. The van der Waals surface area contributed by atoms with Crippen molar-refractivity contribution in [1.82, 2.24) is 4.98 Å². The van der Waals surface area contributed by atoms with Gasteiger partial charge in [-0.1, -0.05) is 0 Å². The van der Waals surface area contributed by atoms with E-state index in [-0.39, 0.29) is 0 Å². The summed E-state index contributed by atoms with van der Waals surface area (Å²) in [4.78, 5) is 14.1. The van der Waals surface area contributed by atoms with Crippen LogP contribution in [0.4, 0.5) is 22.0 Å². The quantitative estimate of drug-likeness (QED) is 0.625. The number of halogens is 5. The standard InChI is InChI=1S/C9H6F5NO3/c1-17-8(16)7-6(11)4(2-10)5(3-15-7)18-9(12,13)14/h3H,2H2,1H3. The first kappa shape index (κ1) is 14.1. The maximum atomic E-state index is 13.5. The van der Waals surface area contributed by atoms with E-state index in [1.165, 1.54) is 0 Å². The van der Waals surface area contributed by atoms with E-state index < -0.39 is 41.8 Å². The molecular weight excluding hydrogens is 265 g/mol. The van der Waals surface area contributed by atoms with Crippen LogP contribution in [0.3, 0.4) is 0 Å². The Balaban J connectivity index is 3.25. The number of hydrogen-bond donors (Lipinski definition) is 0. The van der Waals surface area contributed by atoms with Crippen LogP contribution in [0.15, 0.2) is 6.20 Å². The van der Waals surface area contributed by atoms with E-state index in [0.717, 1.165) is 7.11 Å². The third-order valence-electron chi connectivity index (χ3n) is 1.82. The summed E-state index contributed by atoms with van der Waals surface area (Å²) < 4.78 is 69.3. The predicted molar refractivity (Wildman–Crippen MR) is 47.0 cm³/mol. The van der Waals surface area contributed by atoms with Crippen LogP contribution >= 0.6 is 0 Å². The summed E-state index contributed by atoms with van der Waals surface area (Å²) >= 11 is 0. The monoisotopic (exact) mass is 271 g/mol. The molecule has 100 valence electrons. The zero-order valence-corrected chi connectivity index (χ0v) is 8.85. The van der Waals surface area contributed by atoms with Crippen molar-refractivity contribution in [2.75, 3.05) is 7.11 Å². The van der Waals surface area contributed by atoms with Crippen molar-refractivity contribution in [3.63, 3.8) is 0 Å². The van der Waals surface area contributed by atoms with Crippen LogP contribution in [0.1, 0.15) is 16.1 Å². The normalized spacial score (nSPS) is 11.2. The van der Waals surface area contributed by atoms with Gasteiger partial charge in [0.1, 0.15) is 6.67 Å². The summed E-state index contributed by atoms with van der Waals surface area (Å²) in [5.74, 6) is -3.93. The van der Waals surface area contributed by atoms with Crippen LogP contribution in [-0.2, 0) is 11.4 Å². The molecule has 18 heavy (non-hydrogen) atoms. The maximum absolute atomic E-state index is 13.5. The van der Waals surface area contributed by atoms with Crippen molar-refractivity contribution < 1.29 is 36.2 Å². The molecule has 0 aliphatic heterocycles. The van der Waals surface area contributed by atoms with Gasteiger partial charge in [0.05, 0.1) is 18.9 Å². The van der Waals surface area contributed by atoms with E-state index in [1.54, 1.807) is 0 Å². The van der Waals surface area contributed by atoms with Crippen molar-refractivity contribution in [2.45, 2.75) is 13.0 Å². The van der Waals surface area contributed by atoms with Gasteiger partial charge in [-0.05, 0) is 0 Å². The fraction of sp³-hybridized carbons (Fsp3) is 0.333. The number of nitrogens with zero attached hydrogens (tertiary/aromatic N) is 1. The summed E-state index contributed by atoms with van der Waals surface area (Å²) in [7, 11) is 0.915. The molecule has 1 aromatic heterocycles. The molecule has 1 heterocycles. The number of carbonyl (C=O) groups excluding carboxylic acids is 1. The molecule has 0 aliphatic rings. The number of carbonyl (C=O) groups is 1. The Hall–Kier alpha value is -1.93. The minimum atomic E-state index is -5.12. The van der Waals surface area contributed by atoms with Crippen LogP contribution in [0.5, 0.6) is 5.75 Å². The second-order valence-corrected chi connectivity index (χ2v) is 2.94. The summed E-state index contributed by atoms with van der Waals surface area (Å²) in [5, 5.41) is 0. The molecule has 0 aliphatic carbocycles. The molecule has 4 nitrogen and oxygen atoms in total. The van der Waals surface area contributed by atoms with Crippen LogP contribution in [0.2, 0.25) is 0 Å². The largest absolute Gasteiger partial charge is 0.573 e. The van der Waals surface area contributed by atoms with Crippen LogP contribution in [-0.4, -0.2) is 24.4 Å². The second-order valence-electron chi connectivity index (χ2n) is 2.94. The van der Waals surface area contributed by atoms with Crippen LogP contribution < -0.4 is 4.74 Å². The van der Waals surface area contributed by atoms with E-state index in [2.05, 4.69) is 14.5 Å². The van der Waals surface area contributed by atoms with Gasteiger partial charge >= 0.3 is 12.3 Å². The highest BCUT2D eigenvalue weighted by molar-refractivity contribution is 5.87. The Labute approximate surface area is 97.3 Å². The van der Waals surface area contributed by atoms with Crippen molar-refractivity contribution in [3.05, 3.63) is 23.3 Å². The Kier molecular flexibility index (Phi) is 4.04. The molecule has 9 heteroatoms. The van der Waals surface area contributed by atoms with Crippen molar-refractivity contribution >= 4 is 5.97 Å². The predicted octanol–water partition coefficient (Wildman–Crippen LogP) is 2.38. The number of pyridine rings is 1. The lowest BCUT2D eigenvalue weighted by Crippen LogP contribution is -2.20. The molecule has 0 bridgehead atoms. The van der Waals surface area contributed by atoms with Gasteiger partial charge < -0.3 is 9.47 Å². The van der Waals surface area contributed by atoms with E-state index in [4.69, 9.17) is 0 Å². The molecule has 0 N–H and O–H groups in total. The lowest BCUT2D eigenvalue weighted by Gasteiger charge is -2.12. The van der Waals surface area contributed by atoms with E-state index in [1.807, 2.05) is 0 Å². The summed E-state index contributed by atoms with van der Waals surface area (Å²) in [5.41, 5.74) is -1.97. The van der Waals surface area contributed by atoms with Crippen molar-refractivity contribution in [3.8, 4) is 5.75 Å². The lowest BCUT2D eigenvalue weighted by atomic mass is 10.2. The van der Waals surface area contributed by atoms with Crippen molar-refractivity contribution in [2.24, 2.45) is 0 Å². The van der Waals surface area contributed by atoms with E-state index >= 15 is 0 Å². The van der Waals surface area contributed by atoms with Gasteiger partial charge in [-0.25, -0.2) is 18.6 Å². The number of methoxy groups -OCH3 is 1. The average molecular weight is 271 g/mol. The van der Waals surface area contributed by atoms with Crippen LogP contribution in [0, 0.1) is 5.82 Å². The van der Waals surface area contributed by atoms with Crippen molar-refractivity contribution in [1.29, 1.82) is 0 Å². The zero-order chi connectivity index (χ0) is 13.9. The highest BCUT2D eigenvalue weighted by atomic mass is 19.4. The first-order chi connectivity index (χ1) is 8.30. The summed E-state index contributed by atoms with van der Waals surface area (Å²) in [6.07, 6.45) is -4.72. The molecule has 0 saturated heterocycles. The number of rotatable bonds is 3. The minimum absolute atomic E-state index is 0.401. The van der Waals surface area contributed by atoms with Crippen LogP contribution in [0.25, 0.3) is 0 Å². The molecular formula is C9H6F5NO3. The maximum Gasteiger partial charge on any atom is 0.573 e. The van der Waals surface area contributed by atoms with Gasteiger partial charge in [0.15, 0.2) is 17.3 Å². The fourth-order valence-electron chi connectivity index (χ4n) is 1.08. The molecule has 0 unspecified atom stereocenters. The smallest absolute Gasteiger partial charge is 0.464 e. The SMILES string of the molecule is COC(=O)c1ncc(OC(F)(F)F)c(CF)c1F. The second kappa shape index (κ2) is 5.15. The fourth-order valence-corrected chi connectivity index (χ4v) is 1.08. The third kappa shape index (κ3) is 3.05. The first-order valence-corrected chi connectivity index (χ1v) is 4.37. The topological polar surface area (TPSA) is 48.4 Å². The highest BCUT2D eigenvalue weighted by Gasteiger charge is 2.34. The van der Waals surface area contributed by atoms with Gasteiger partial charge in [0, 0.05) is 0 Å². The first-order valence-electron chi connectivity index (χ1n) is 4.37. The van der Waals surface area contributed by atoms with Gasteiger partial charge in [-0.3, -0.25) is 0 Å². The van der Waals surface area contributed by atoms with Gasteiger partial charge in [-0.2, -0.15) is 0 Å². The summed E-state index contributed by atoms with van der Waals surface area (Å²) in [6.45, 7) is -1.59. The Morgan fingerprint density at radius 1 is 1.44 bits per heavy atom. The van der Waals surface area contributed by atoms with Gasteiger partial charge in [-0.15, -0.1) is 13.2 Å². The number of ether oxygens (including phenoxy) is 2. The van der Waals surface area contributed by atoms with E-state index in [0.29, 0.717) is 6.20 Å². The number of alkyl halides is 4. The molecule has 0 amide bonds. The number of hydrogen-bond acceptors (Lipinski definition) is 4. The molecule has 0 spiro atoms. The molecule has 0 fully saturated rings. The molecule has 0 radical (unpaired) electrons. The highest BCUT2D eigenvalue weighted by Crippen LogP contribution is 2.29. The number of esters is 1. The molecule has 1 aromatic rings. The molecule has 0 atom stereocenters. The Morgan fingerprint density at radius 3 is 2.50 bits per heavy atom. The minimum Gasteiger partial charge on any atom is -0.464 e. The Morgan fingerprint density at radius 2 is 2.06 bits per heavy atom. The van der Waals surface area contributed by atoms with E-state index in [9.17, 15) is 26.7 Å². The molecule has 1 rings (SSSR count).